The molecule has 0 radical (unpaired) electrons. The molecule has 1 aromatic rings. The summed E-state index contributed by atoms with van der Waals surface area (Å²) in [6.07, 6.45) is -1.06. The number of carbonyl (C=O) groups excluding carboxylic acids is 1. The first-order valence-corrected chi connectivity index (χ1v) is 7.37. The Morgan fingerprint density at radius 2 is 2.27 bits per heavy atom. The zero-order valence-electron chi connectivity index (χ0n) is 12.8. The molecule has 1 aliphatic rings. The third-order valence-corrected chi connectivity index (χ3v) is 3.57. The first kappa shape index (κ1) is 16.3. The second-order valence-electron chi connectivity index (χ2n) is 5.31. The number of rotatable bonds is 5. The normalized spacial score (nSPS) is 19.5. The van der Waals surface area contributed by atoms with Gasteiger partial charge in [-0.25, -0.2) is 4.79 Å². The Bertz CT molecular complexity index is 545. The summed E-state index contributed by atoms with van der Waals surface area (Å²) in [7, 11) is 0. The van der Waals surface area contributed by atoms with Gasteiger partial charge in [-0.05, 0) is 31.0 Å². The minimum absolute atomic E-state index is 0.0574. The molecule has 1 amide bonds. The lowest BCUT2D eigenvalue weighted by atomic mass is 10.2. The second kappa shape index (κ2) is 7.26. The van der Waals surface area contributed by atoms with Crippen LogP contribution in [0.3, 0.4) is 0 Å². The fraction of sp³-hybridized carbons (Fsp3) is 0.500. The number of aryl methyl sites for hydroxylation is 1. The molecular formula is C16H21NO5. The number of carboxylic acids is 1. The van der Waals surface area contributed by atoms with E-state index in [2.05, 4.69) is 0 Å². The van der Waals surface area contributed by atoms with Crippen LogP contribution in [0, 0.1) is 6.92 Å². The number of ether oxygens (including phenoxy) is 2. The summed E-state index contributed by atoms with van der Waals surface area (Å²) in [5, 5.41) is 9.01. The molecule has 6 heteroatoms. The summed E-state index contributed by atoms with van der Waals surface area (Å²) < 4.78 is 10.9. The number of morpholine rings is 1. The molecule has 2 rings (SSSR count). The molecule has 1 saturated heterocycles. The predicted octanol–water partition coefficient (Wildman–Crippen LogP) is 1.46. The molecule has 1 aromatic carbocycles. The SMILES string of the molecule is CC[C@H](Oc1cccc(C)c1)C(=O)N1CCO[C@H](C(=O)O)C1. The van der Waals surface area contributed by atoms with Gasteiger partial charge in [-0.3, -0.25) is 4.79 Å². The number of amides is 1. The average Bonchev–Trinajstić information content (AvgIpc) is 2.52. The van der Waals surface area contributed by atoms with Gasteiger partial charge >= 0.3 is 5.97 Å². The number of carboxylic acid groups (broad SMARTS) is 1. The van der Waals surface area contributed by atoms with Gasteiger partial charge in [-0.1, -0.05) is 19.1 Å². The maximum Gasteiger partial charge on any atom is 0.334 e. The van der Waals surface area contributed by atoms with Crippen molar-refractivity contribution in [2.45, 2.75) is 32.5 Å². The summed E-state index contributed by atoms with van der Waals surface area (Å²) in [5.74, 6) is -0.605. The van der Waals surface area contributed by atoms with Crippen LogP contribution in [-0.2, 0) is 14.3 Å². The van der Waals surface area contributed by atoms with Crippen LogP contribution >= 0.6 is 0 Å². The Kier molecular flexibility index (Phi) is 5.38. The van der Waals surface area contributed by atoms with Crippen molar-refractivity contribution < 1.29 is 24.2 Å². The summed E-state index contributed by atoms with van der Waals surface area (Å²) >= 11 is 0. The van der Waals surface area contributed by atoms with E-state index in [9.17, 15) is 9.59 Å². The topological polar surface area (TPSA) is 76.1 Å². The van der Waals surface area contributed by atoms with Crippen LogP contribution in [0.5, 0.6) is 5.75 Å². The molecule has 2 atom stereocenters. The fourth-order valence-corrected chi connectivity index (χ4v) is 2.36. The standard InChI is InChI=1S/C16H21NO5/c1-3-13(22-12-6-4-5-11(2)9-12)15(18)17-7-8-21-14(10-17)16(19)20/h4-6,9,13-14H,3,7-8,10H2,1-2H3,(H,19,20)/t13-,14-/m0/s1. The van der Waals surface area contributed by atoms with E-state index in [-0.39, 0.29) is 19.1 Å². The highest BCUT2D eigenvalue weighted by Gasteiger charge is 2.32. The minimum Gasteiger partial charge on any atom is -0.481 e. The van der Waals surface area contributed by atoms with Crippen LogP contribution in [0.25, 0.3) is 0 Å². The Morgan fingerprint density at radius 3 is 2.91 bits per heavy atom. The van der Waals surface area contributed by atoms with Crippen molar-refractivity contribution >= 4 is 11.9 Å². The minimum atomic E-state index is -1.05. The molecule has 0 bridgehead atoms. The Hall–Kier alpha value is -2.08. The van der Waals surface area contributed by atoms with Crippen molar-refractivity contribution in [1.29, 1.82) is 0 Å². The van der Waals surface area contributed by atoms with Gasteiger partial charge in [-0.2, -0.15) is 0 Å². The summed E-state index contributed by atoms with van der Waals surface area (Å²) in [6, 6.07) is 7.50. The van der Waals surface area contributed by atoms with Crippen molar-refractivity contribution in [1.82, 2.24) is 4.90 Å². The first-order chi connectivity index (χ1) is 10.5. The number of nitrogens with zero attached hydrogens (tertiary/aromatic N) is 1. The maximum absolute atomic E-state index is 12.5. The van der Waals surface area contributed by atoms with E-state index in [0.29, 0.717) is 18.7 Å². The van der Waals surface area contributed by atoms with Gasteiger partial charge in [0.1, 0.15) is 5.75 Å². The molecule has 1 N–H and O–H groups in total. The van der Waals surface area contributed by atoms with Gasteiger partial charge in [-0.15, -0.1) is 0 Å². The number of hydrogen-bond acceptors (Lipinski definition) is 4. The molecule has 0 aliphatic carbocycles. The lowest BCUT2D eigenvalue weighted by molar-refractivity contribution is -0.161. The van der Waals surface area contributed by atoms with E-state index < -0.39 is 18.2 Å². The first-order valence-electron chi connectivity index (χ1n) is 7.37. The molecule has 0 unspecified atom stereocenters. The summed E-state index contributed by atoms with van der Waals surface area (Å²) in [5.41, 5.74) is 1.05. The molecule has 0 aromatic heterocycles. The smallest absolute Gasteiger partial charge is 0.334 e. The van der Waals surface area contributed by atoms with Crippen molar-refractivity contribution in [3.05, 3.63) is 29.8 Å². The van der Waals surface area contributed by atoms with Crippen LogP contribution < -0.4 is 4.74 Å². The quantitative estimate of drug-likeness (QED) is 0.891. The molecule has 1 fully saturated rings. The molecule has 22 heavy (non-hydrogen) atoms. The monoisotopic (exact) mass is 307 g/mol. The van der Waals surface area contributed by atoms with Gasteiger partial charge in [0.25, 0.3) is 5.91 Å². The number of aliphatic carboxylic acids is 1. The number of hydrogen-bond donors (Lipinski definition) is 1. The molecule has 1 heterocycles. The zero-order chi connectivity index (χ0) is 16.1. The van der Waals surface area contributed by atoms with E-state index in [4.69, 9.17) is 14.6 Å². The van der Waals surface area contributed by atoms with Gasteiger partial charge in [0.2, 0.25) is 0 Å². The third kappa shape index (κ3) is 3.98. The van der Waals surface area contributed by atoms with Gasteiger partial charge in [0.15, 0.2) is 12.2 Å². The Labute approximate surface area is 129 Å². The predicted molar refractivity (Wildman–Crippen MR) is 79.8 cm³/mol. The summed E-state index contributed by atoms with van der Waals surface area (Å²) in [6.45, 7) is 4.49. The van der Waals surface area contributed by atoms with Crippen molar-refractivity contribution in [3.63, 3.8) is 0 Å². The van der Waals surface area contributed by atoms with Crippen LogP contribution in [-0.4, -0.2) is 53.8 Å². The van der Waals surface area contributed by atoms with Crippen LogP contribution in [0.4, 0.5) is 0 Å². The van der Waals surface area contributed by atoms with Gasteiger partial charge in [0, 0.05) is 6.54 Å². The largest absolute Gasteiger partial charge is 0.481 e. The molecule has 120 valence electrons. The van der Waals surface area contributed by atoms with E-state index in [0.717, 1.165) is 5.56 Å². The molecule has 0 saturated carbocycles. The average molecular weight is 307 g/mol. The van der Waals surface area contributed by atoms with E-state index in [1.807, 2.05) is 38.1 Å². The van der Waals surface area contributed by atoms with E-state index in [1.54, 1.807) is 0 Å². The van der Waals surface area contributed by atoms with E-state index >= 15 is 0 Å². The third-order valence-electron chi connectivity index (χ3n) is 3.57. The molecule has 0 spiro atoms. The van der Waals surface area contributed by atoms with Crippen molar-refractivity contribution in [2.24, 2.45) is 0 Å². The lowest BCUT2D eigenvalue weighted by Crippen LogP contribution is -2.52. The fourth-order valence-electron chi connectivity index (χ4n) is 2.36. The highest BCUT2D eigenvalue weighted by Crippen LogP contribution is 2.17. The Balaban J connectivity index is 2.03. The van der Waals surface area contributed by atoms with Crippen molar-refractivity contribution in [2.75, 3.05) is 19.7 Å². The van der Waals surface area contributed by atoms with Crippen LogP contribution in [0.1, 0.15) is 18.9 Å². The van der Waals surface area contributed by atoms with Gasteiger partial charge < -0.3 is 19.5 Å². The van der Waals surface area contributed by atoms with Crippen molar-refractivity contribution in [3.8, 4) is 5.75 Å². The Morgan fingerprint density at radius 1 is 1.50 bits per heavy atom. The molecule has 6 nitrogen and oxygen atoms in total. The van der Waals surface area contributed by atoms with E-state index in [1.165, 1.54) is 4.90 Å². The number of carbonyl (C=O) groups is 2. The zero-order valence-corrected chi connectivity index (χ0v) is 12.8. The highest BCUT2D eigenvalue weighted by molar-refractivity contribution is 5.82. The van der Waals surface area contributed by atoms with Gasteiger partial charge in [0.05, 0.1) is 13.2 Å². The molecule has 1 aliphatic heterocycles. The summed E-state index contributed by atoms with van der Waals surface area (Å²) in [4.78, 5) is 25.0. The molecular weight excluding hydrogens is 286 g/mol. The lowest BCUT2D eigenvalue weighted by Gasteiger charge is -2.33. The second-order valence-corrected chi connectivity index (χ2v) is 5.31. The van der Waals surface area contributed by atoms with Crippen LogP contribution in [0.2, 0.25) is 0 Å². The maximum atomic E-state index is 12.5. The number of benzene rings is 1. The highest BCUT2D eigenvalue weighted by atomic mass is 16.5. The van der Waals surface area contributed by atoms with Crippen LogP contribution in [0.15, 0.2) is 24.3 Å².